The number of rotatable bonds is 5. The largest absolute Gasteiger partial charge is 0.271 e. The molecular weight excluding hydrogens is 350 g/mol. The predicted molar refractivity (Wildman–Crippen MR) is 101 cm³/mol. The van der Waals surface area contributed by atoms with E-state index < -0.39 is 10.0 Å². The first-order valence-corrected chi connectivity index (χ1v) is 9.93. The van der Waals surface area contributed by atoms with Crippen molar-refractivity contribution in [1.82, 2.24) is 9.73 Å². The number of hydrazone groups is 1. The van der Waals surface area contributed by atoms with Crippen molar-refractivity contribution < 1.29 is 13.2 Å². The molecule has 0 aliphatic carbocycles. The molecule has 2 aromatic rings. The van der Waals surface area contributed by atoms with Gasteiger partial charge in [-0.1, -0.05) is 30.3 Å². The molecule has 0 radical (unpaired) electrons. The Bertz CT molecular complexity index is 901. The minimum Gasteiger partial charge on any atom is -0.267 e. The van der Waals surface area contributed by atoms with Crippen LogP contribution in [0, 0.1) is 0 Å². The van der Waals surface area contributed by atoms with Gasteiger partial charge < -0.3 is 0 Å². The van der Waals surface area contributed by atoms with Crippen molar-refractivity contribution in [2.45, 2.75) is 24.7 Å². The monoisotopic (exact) mass is 371 g/mol. The summed E-state index contributed by atoms with van der Waals surface area (Å²) in [6.07, 6.45) is 1.77. The molecule has 0 saturated carbocycles. The summed E-state index contributed by atoms with van der Waals surface area (Å²) in [5, 5.41) is 4.10. The topological polar surface area (TPSA) is 78.8 Å². The summed E-state index contributed by atoms with van der Waals surface area (Å²) in [6.45, 7) is 2.91. The van der Waals surface area contributed by atoms with Gasteiger partial charge in [0, 0.05) is 18.7 Å². The van der Waals surface area contributed by atoms with E-state index in [0.29, 0.717) is 24.4 Å². The Kier molecular flexibility index (Phi) is 5.49. The average molecular weight is 371 g/mol. The van der Waals surface area contributed by atoms with E-state index in [4.69, 9.17) is 0 Å². The fourth-order valence-corrected chi connectivity index (χ4v) is 4.32. The van der Waals surface area contributed by atoms with E-state index in [9.17, 15) is 13.2 Å². The molecule has 1 heterocycles. The van der Waals surface area contributed by atoms with E-state index in [-0.39, 0.29) is 10.8 Å². The minimum atomic E-state index is -3.47. The van der Waals surface area contributed by atoms with Gasteiger partial charge in [-0.15, -0.1) is 0 Å². The van der Waals surface area contributed by atoms with Crippen LogP contribution in [0.25, 0.3) is 0 Å². The highest BCUT2D eigenvalue weighted by Gasteiger charge is 2.27. The molecule has 0 unspecified atom stereocenters. The second-order valence-electron chi connectivity index (χ2n) is 6.14. The number of hydrogen-bond acceptors (Lipinski definition) is 4. The molecule has 1 N–H and O–H groups in total. The fourth-order valence-electron chi connectivity index (χ4n) is 2.80. The van der Waals surface area contributed by atoms with Gasteiger partial charge in [0.05, 0.1) is 10.6 Å². The summed E-state index contributed by atoms with van der Waals surface area (Å²) in [4.78, 5) is 12.4. The quantitative estimate of drug-likeness (QED) is 0.648. The molecule has 1 amide bonds. The first-order chi connectivity index (χ1) is 12.5. The number of sulfonamides is 1. The molecule has 6 nitrogen and oxygen atoms in total. The summed E-state index contributed by atoms with van der Waals surface area (Å²) in [7, 11) is -3.47. The normalized spacial score (nSPS) is 15.8. The van der Waals surface area contributed by atoms with Gasteiger partial charge in [-0.25, -0.2) is 13.8 Å². The SMILES string of the molecule is C/C(=N/NC(=O)c1ccc(S(=O)(=O)N2CCCC2)cc1)c1ccccc1. The molecule has 0 atom stereocenters. The smallest absolute Gasteiger partial charge is 0.267 e. The Morgan fingerprint density at radius 1 is 0.962 bits per heavy atom. The van der Waals surface area contributed by atoms with E-state index in [1.54, 1.807) is 6.92 Å². The molecule has 2 aromatic carbocycles. The van der Waals surface area contributed by atoms with Gasteiger partial charge in [-0.2, -0.15) is 9.41 Å². The summed E-state index contributed by atoms with van der Waals surface area (Å²) in [5.41, 5.74) is 4.46. The lowest BCUT2D eigenvalue weighted by atomic mass is 10.1. The molecule has 136 valence electrons. The van der Waals surface area contributed by atoms with Crippen molar-refractivity contribution in [3.05, 3.63) is 65.7 Å². The van der Waals surface area contributed by atoms with Crippen LogP contribution in [0.5, 0.6) is 0 Å². The van der Waals surface area contributed by atoms with Crippen LogP contribution in [0.3, 0.4) is 0 Å². The van der Waals surface area contributed by atoms with Gasteiger partial charge in [0.25, 0.3) is 5.91 Å². The third kappa shape index (κ3) is 4.00. The number of hydrogen-bond donors (Lipinski definition) is 1. The standard InChI is InChI=1S/C19H21N3O3S/c1-15(16-7-3-2-4-8-16)20-21-19(23)17-9-11-18(12-10-17)26(24,25)22-13-5-6-14-22/h2-4,7-12H,5-6,13-14H2,1H3,(H,21,23)/b20-15-. The highest BCUT2D eigenvalue weighted by atomic mass is 32.2. The molecule has 26 heavy (non-hydrogen) atoms. The van der Waals surface area contributed by atoms with Gasteiger partial charge >= 0.3 is 0 Å². The third-order valence-corrected chi connectivity index (χ3v) is 6.25. The zero-order chi connectivity index (χ0) is 18.6. The summed E-state index contributed by atoms with van der Waals surface area (Å²) in [5.74, 6) is -0.384. The Labute approximate surface area is 153 Å². The van der Waals surface area contributed by atoms with Gasteiger partial charge in [-0.3, -0.25) is 4.79 Å². The lowest BCUT2D eigenvalue weighted by Gasteiger charge is -2.15. The highest BCUT2D eigenvalue weighted by Crippen LogP contribution is 2.21. The second kappa shape index (κ2) is 7.80. The Morgan fingerprint density at radius 2 is 1.58 bits per heavy atom. The first-order valence-electron chi connectivity index (χ1n) is 8.49. The number of nitrogens with one attached hydrogen (secondary N) is 1. The molecular formula is C19H21N3O3S. The Hall–Kier alpha value is -2.51. The van der Waals surface area contributed by atoms with Crippen molar-refractivity contribution in [2.75, 3.05) is 13.1 Å². The minimum absolute atomic E-state index is 0.208. The number of amides is 1. The van der Waals surface area contributed by atoms with Crippen LogP contribution in [-0.4, -0.2) is 37.4 Å². The maximum absolute atomic E-state index is 12.5. The van der Waals surface area contributed by atoms with Crippen molar-refractivity contribution >= 4 is 21.6 Å². The number of carbonyl (C=O) groups excluding carboxylic acids is 1. The maximum atomic E-state index is 12.5. The lowest BCUT2D eigenvalue weighted by molar-refractivity contribution is 0.0954. The van der Waals surface area contributed by atoms with Crippen LogP contribution in [0.2, 0.25) is 0 Å². The molecule has 3 rings (SSSR count). The zero-order valence-electron chi connectivity index (χ0n) is 14.6. The molecule has 1 aliphatic heterocycles. The van der Waals surface area contributed by atoms with E-state index >= 15 is 0 Å². The third-order valence-electron chi connectivity index (χ3n) is 4.34. The fraction of sp³-hybridized carbons (Fsp3) is 0.263. The van der Waals surface area contributed by atoms with Gasteiger partial charge in [0.15, 0.2) is 0 Å². The Balaban J connectivity index is 1.69. The first kappa shape index (κ1) is 18.3. The second-order valence-corrected chi connectivity index (χ2v) is 8.08. The summed E-state index contributed by atoms with van der Waals surface area (Å²) >= 11 is 0. The maximum Gasteiger partial charge on any atom is 0.271 e. The predicted octanol–water partition coefficient (Wildman–Crippen LogP) is 2.63. The van der Waals surface area contributed by atoms with Crippen LogP contribution in [0.15, 0.2) is 64.6 Å². The number of benzene rings is 2. The van der Waals surface area contributed by atoms with Crippen molar-refractivity contribution in [3.8, 4) is 0 Å². The van der Waals surface area contributed by atoms with E-state index in [1.165, 1.54) is 28.6 Å². The van der Waals surface area contributed by atoms with Crippen LogP contribution in [-0.2, 0) is 10.0 Å². The van der Waals surface area contributed by atoms with Gasteiger partial charge in [0.2, 0.25) is 10.0 Å². The molecule has 1 saturated heterocycles. The number of nitrogens with zero attached hydrogens (tertiary/aromatic N) is 2. The van der Waals surface area contributed by atoms with Gasteiger partial charge in [0.1, 0.15) is 0 Å². The van der Waals surface area contributed by atoms with E-state index in [0.717, 1.165) is 18.4 Å². The average Bonchev–Trinajstić information content (AvgIpc) is 3.22. The van der Waals surface area contributed by atoms with Crippen LogP contribution < -0.4 is 5.43 Å². The van der Waals surface area contributed by atoms with Crippen LogP contribution >= 0.6 is 0 Å². The molecule has 1 fully saturated rings. The van der Waals surface area contributed by atoms with Crippen LogP contribution in [0.4, 0.5) is 0 Å². The molecule has 0 spiro atoms. The van der Waals surface area contributed by atoms with E-state index in [2.05, 4.69) is 10.5 Å². The van der Waals surface area contributed by atoms with E-state index in [1.807, 2.05) is 30.3 Å². The summed E-state index contributed by atoms with van der Waals surface area (Å²) in [6, 6.07) is 15.5. The molecule has 7 heteroatoms. The molecule has 0 aromatic heterocycles. The molecule has 0 bridgehead atoms. The Morgan fingerprint density at radius 3 is 2.19 bits per heavy atom. The van der Waals surface area contributed by atoms with Crippen molar-refractivity contribution in [2.24, 2.45) is 5.10 Å². The highest BCUT2D eigenvalue weighted by molar-refractivity contribution is 7.89. The van der Waals surface area contributed by atoms with Gasteiger partial charge in [-0.05, 0) is 49.6 Å². The van der Waals surface area contributed by atoms with Crippen molar-refractivity contribution in [3.63, 3.8) is 0 Å². The zero-order valence-corrected chi connectivity index (χ0v) is 15.4. The summed E-state index contributed by atoms with van der Waals surface area (Å²) < 4.78 is 26.5. The van der Waals surface area contributed by atoms with Crippen LogP contribution in [0.1, 0.15) is 35.7 Å². The molecule has 1 aliphatic rings. The lowest BCUT2D eigenvalue weighted by Crippen LogP contribution is -2.28. The number of carbonyl (C=O) groups is 1. The van der Waals surface area contributed by atoms with Crippen molar-refractivity contribution in [1.29, 1.82) is 0 Å².